The maximum atomic E-state index is 13.2. The monoisotopic (exact) mass is 448 g/mol. The standard InChI is InChI=1S/C26H28N2O5/c1-31-22-15-19(16-23(32-2)24(22)33-3)27-25(29)18-11-13-28(14-12-18)26(30)21-10-6-8-17-7-4-5-9-20(17)21/h4-10,15-16,18H,11-14H2,1-3H3,(H,27,29). The molecule has 3 aromatic carbocycles. The van der Waals surface area contributed by atoms with Crippen LogP contribution in [0.25, 0.3) is 10.8 Å². The molecule has 33 heavy (non-hydrogen) atoms. The van der Waals surface area contributed by atoms with Crippen molar-refractivity contribution < 1.29 is 23.8 Å². The Morgan fingerprint density at radius 3 is 2.15 bits per heavy atom. The molecule has 1 aliphatic rings. The minimum absolute atomic E-state index is 0.00952. The second kappa shape index (κ2) is 9.81. The number of ether oxygens (including phenoxy) is 3. The van der Waals surface area contributed by atoms with Gasteiger partial charge >= 0.3 is 0 Å². The summed E-state index contributed by atoms with van der Waals surface area (Å²) in [5.74, 6) is 1.17. The highest BCUT2D eigenvalue weighted by molar-refractivity contribution is 6.07. The molecule has 7 heteroatoms. The molecule has 0 atom stereocenters. The summed E-state index contributed by atoms with van der Waals surface area (Å²) in [5.41, 5.74) is 1.28. The number of carbonyl (C=O) groups excluding carboxylic acids is 2. The van der Waals surface area contributed by atoms with E-state index in [0.717, 1.165) is 10.8 Å². The molecule has 3 aromatic rings. The van der Waals surface area contributed by atoms with E-state index in [-0.39, 0.29) is 17.7 Å². The zero-order chi connectivity index (χ0) is 23.4. The highest BCUT2D eigenvalue weighted by Crippen LogP contribution is 2.40. The van der Waals surface area contributed by atoms with Crippen molar-refractivity contribution in [3.05, 3.63) is 60.2 Å². The van der Waals surface area contributed by atoms with Gasteiger partial charge in [-0.15, -0.1) is 0 Å². The molecule has 2 amide bonds. The van der Waals surface area contributed by atoms with Gasteiger partial charge in [0.05, 0.1) is 21.3 Å². The average Bonchev–Trinajstić information content (AvgIpc) is 2.87. The van der Waals surface area contributed by atoms with E-state index >= 15 is 0 Å². The lowest BCUT2D eigenvalue weighted by Crippen LogP contribution is -2.41. The van der Waals surface area contributed by atoms with Crippen LogP contribution in [0.15, 0.2) is 54.6 Å². The minimum Gasteiger partial charge on any atom is -0.493 e. The quantitative estimate of drug-likeness (QED) is 0.607. The van der Waals surface area contributed by atoms with E-state index in [2.05, 4.69) is 5.32 Å². The number of hydrogen-bond acceptors (Lipinski definition) is 5. The van der Waals surface area contributed by atoms with Crippen molar-refractivity contribution in [2.45, 2.75) is 12.8 Å². The van der Waals surface area contributed by atoms with Crippen LogP contribution in [0.2, 0.25) is 0 Å². The second-order valence-corrected chi connectivity index (χ2v) is 8.00. The summed E-state index contributed by atoms with van der Waals surface area (Å²) in [7, 11) is 4.60. The molecule has 0 radical (unpaired) electrons. The first-order valence-electron chi connectivity index (χ1n) is 10.9. The zero-order valence-corrected chi connectivity index (χ0v) is 19.1. The number of methoxy groups -OCH3 is 3. The number of carbonyl (C=O) groups is 2. The normalized spacial score (nSPS) is 14.1. The third-order valence-electron chi connectivity index (χ3n) is 6.11. The fraction of sp³-hybridized carbons (Fsp3) is 0.308. The van der Waals surface area contributed by atoms with Gasteiger partial charge in [0.15, 0.2) is 11.5 Å². The van der Waals surface area contributed by atoms with Gasteiger partial charge in [0, 0.05) is 42.4 Å². The highest BCUT2D eigenvalue weighted by atomic mass is 16.5. The van der Waals surface area contributed by atoms with Crippen molar-refractivity contribution in [2.24, 2.45) is 5.92 Å². The predicted molar refractivity (Wildman–Crippen MR) is 127 cm³/mol. The van der Waals surface area contributed by atoms with Gasteiger partial charge in [-0.05, 0) is 29.7 Å². The molecule has 0 spiro atoms. The Kier molecular flexibility index (Phi) is 6.68. The number of piperidine rings is 1. The van der Waals surface area contributed by atoms with Gasteiger partial charge in [-0.3, -0.25) is 9.59 Å². The molecule has 1 saturated heterocycles. The Morgan fingerprint density at radius 2 is 1.52 bits per heavy atom. The smallest absolute Gasteiger partial charge is 0.254 e. The van der Waals surface area contributed by atoms with Crippen LogP contribution in [0.3, 0.4) is 0 Å². The third kappa shape index (κ3) is 4.58. The first kappa shape index (κ1) is 22.5. The van der Waals surface area contributed by atoms with Crippen LogP contribution < -0.4 is 19.5 Å². The number of rotatable bonds is 6. The molecular weight excluding hydrogens is 420 g/mol. The Hall–Kier alpha value is -3.74. The third-order valence-corrected chi connectivity index (χ3v) is 6.11. The summed E-state index contributed by atoms with van der Waals surface area (Å²) in [6.45, 7) is 1.07. The summed E-state index contributed by atoms with van der Waals surface area (Å²) in [6, 6.07) is 17.1. The molecule has 1 heterocycles. The van der Waals surface area contributed by atoms with Crippen molar-refractivity contribution in [3.8, 4) is 17.2 Å². The first-order valence-corrected chi connectivity index (χ1v) is 10.9. The van der Waals surface area contributed by atoms with Gasteiger partial charge in [0.1, 0.15) is 0 Å². The molecule has 0 aliphatic carbocycles. The molecule has 0 aromatic heterocycles. The van der Waals surface area contributed by atoms with E-state index < -0.39 is 0 Å². The first-order chi connectivity index (χ1) is 16.0. The number of likely N-dealkylation sites (tertiary alicyclic amines) is 1. The number of nitrogens with one attached hydrogen (secondary N) is 1. The number of benzene rings is 3. The number of amides is 2. The van der Waals surface area contributed by atoms with Crippen molar-refractivity contribution in [2.75, 3.05) is 39.7 Å². The summed E-state index contributed by atoms with van der Waals surface area (Å²) in [4.78, 5) is 27.9. The number of fused-ring (bicyclic) bond motifs is 1. The lowest BCUT2D eigenvalue weighted by atomic mass is 9.94. The number of hydrogen-bond donors (Lipinski definition) is 1. The van der Waals surface area contributed by atoms with E-state index in [0.29, 0.717) is 54.4 Å². The van der Waals surface area contributed by atoms with Crippen LogP contribution in [0.5, 0.6) is 17.2 Å². The topological polar surface area (TPSA) is 77.1 Å². The molecule has 0 saturated carbocycles. The summed E-state index contributed by atoms with van der Waals surface area (Å²) < 4.78 is 16.0. The maximum absolute atomic E-state index is 13.2. The molecule has 1 aliphatic heterocycles. The fourth-order valence-electron chi connectivity index (χ4n) is 4.32. The molecule has 0 bridgehead atoms. The molecule has 1 fully saturated rings. The summed E-state index contributed by atoms with van der Waals surface area (Å²) >= 11 is 0. The lowest BCUT2D eigenvalue weighted by Gasteiger charge is -2.31. The molecule has 1 N–H and O–H groups in total. The fourth-order valence-corrected chi connectivity index (χ4v) is 4.32. The van der Waals surface area contributed by atoms with Crippen LogP contribution in [-0.2, 0) is 4.79 Å². The average molecular weight is 449 g/mol. The number of anilines is 1. The van der Waals surface area contributed by atoms with Gasteiger partial charge < -0.3 is 24.4 Å². The molecule has 172 valence electrons. The van der Waals surface area contributed by atoms with Gasteiger partial charge in [0.2, 0.25) is 11.7 Å². The highest BCUT2D eigenvalue weighted by Gasteiger charge is 2.29. The van der Waals surface area contributed by atoms with E-state index in [1.807, 2.05) is 47.4 Å². The summed E-state index contributed by atoms with van der Waals surface area (Å²) in [5, 5.41) is 4.95. The van der Waals surface area contributed by atoms with Crippen LogP contribution in [0.4, 0.5) is 5.69 Å². The van der Waals surface area contributed by atoms with E-state index in [4.69, 9.17) is 14.2 Å². The SMILES string of the molecule is COc1cc(NC(=O)C2CCN(C(=O)c3cccc4ccccc34)CC2)cc(OC)c1OC. The van der Waals surface area contributed by atoms with Crippen LogP contribution in [0.1, 0.15) is 23.2 Å². The lowest BCUT2D eigenvalue weighted by molar-refractivity contribution is -0.121. The van der Waals surface area contributed by atoms with Gasteiger partial charge in [-0.2, -0.15) is 0 Å². The van der Waals surface area contributed by atoms with Crippen molar-refractivity contribution in [1.29, 1.82) is 0 Å². The molecule has 7 nitrogen and oxygen atoms in total. The van der Waals surface area contributed by atoms with E-state index in [9.17, 15) is 9.59 Å². The van der Waals surface area contributed by atoms with Gasteiger partial charge in [-0.25, -0.2) is 0 Å². The Bertz CT molecular complexity index is 1140. The predicted octanol–water partition coefficient (Wildman–Crippen LogP) is 4.36. The summed E-state index contributed by atoms with van der Waals surface area (Å²) in [6.07, 6.45) is 1.21. The van der Waals surface area contributed by atoms with Crippen LogP contribution in [0, 0.1) is 5.92 Å². The van der Waals surface area contributed by atoms with Crippen molar-refractivity contribution in [3.63, 3.8) is 0 Å². The van der Waals surface area contributed by atoms with Gasteiger partial charge in [0.25, 0.3) is 5.91 Å². The minimum atomic E-state index is -0.180. The molecule has 0 unspecified atom stereocenters. The van der Waals surface area contributed by atoms with E-state index in [1.165, 1.54) is 21.3 Å². The Morgan fingerprint density at radius 1 is 0.879 bits per heavy atom. The van der Waals surface area contributed by atoms with Crippen LogP contribution >= 0.6 is 0 Å². The van der Waals surface area contributed by atoms with E-state index in [1.54, 1.807) is 12.1 Å². The molecular formula is C26H28N2O5. The maximum Gasteiger partial charge on any atom is 0.254 e. The Balaban J connectivity index is 1.42. The zero-order valence-electron chi connectivity index (χ0n) is 19.1. The van der Waals surface area contributed by atoms with Crippen molar-refractivity contribution in [1.82, 2.24) is 4.90 Å². The van der Waals surface area contributed by atoms with Crippen LogP contribution in [-0.4, -0.2) is 51.1 Å². The van der Waals surface area contributed by atoms with Crippen molar-refractivity contribution >= 4 is 28.3 Å². The molecule has 4 rings (SSSR count). The largest absolute Gasteiger partial charge is 0.493 e. The Labute approximate surface area is 193 Å². The van der Waals surface area contributed by atoms with Gasteiger partial charge in [-0.1, -0.05) is 36.4 Å². The number of nitrogens with zero attached hydrogens (tertiary/aromatic N) is 1. The second-order valence-electron chi connectivity index (χ2n) is 8.00.